The van der Waals surface area contributed by atoms with Gasteiger partial charge in [0.15, 0.2) is 18.9 Å². The fraction of sp³-hybridized carbons (Fsp3) is 0.824. The highest BCUT2D eigenvalue weighted by atomic mass is 16.8. The lowest BCUT2D eigenvalue weighted by Gasteiger charge is -2.48. The molecule has 0 aromatic heterocycles. The third-order valence-electron chi connectivity index (χ3n) is 20.4. The van der Waals surface area contributed by atoms with Crippen molar-refractivity contribution in [3.05, 3.63) is 85.1 Å². The van der Waals surface area contributed by atoms with Gasteiger partial charge in [-0.3, -0.25) is 4.79 Å². The van der Waals surface area contributed by atoms with Gasteiger partial charge in [-0.25, -0.2) is 0 Å². The molecular formula is C85H151NO18. The third kappa shape index (κ3) is 44.0. The predicted octanol–water partition coefficient (Wildman–Crippen LogP) is 14.6. The summed E-state index contributed by atoms with van der Waals surface area (Å²) in [4.78, 5) is 13.5. The van der Waals surface area contributed by atoms with Crippen molar-refractivity contribution in [1.82, 2.24) is 5.32 Å². The number of rotatable bonds is 66. The first-order valence-electron chi connectivity index (χ1n) is 41.8. The quantitative estimate of drug-likeness (QED) is 0.0199. The molecule has 3 aliphatic heterocycles. The molecule has 0 bridgehead atoms. The van der Waals surface area contributed by atoms with Gasteiger partial charge in [0, 0.05) is 6.42 Å². The minimum absolute atomic E-state index is 0.232. The Balaban J connectivity index is 1.34. The first-order chi connectivity index (χ1) is 50.8. The first kappa shape index (κ1) is 95.2. The number of carbonyl (C=O) groups excluding carboxylic acids is 1. The average molecular weight is 1480 g/mol. The second kappa shape index (κ2) is 64.8. The van der Waals surface area contributed by atoms with Crippen LogP contribution < -0.4 is 5.32 Å². The van der Waals surface area contributed by atoms with E-state index in [9.17, 15) is 61.0 Å². The maximum Gasteiger partial charge on any atom is 0.220 e. The molecule has 604 valence electrons. The van der Waals surface area contributed by atoms with Crippen LogP contribution >= 0.6 is 0 Å². The van der Waals surface area contributed by atoms with E-state index in [0.29, 0.717) is 12.8 Å². The SMILES string of the molecule is CC/C=C\C/C=C\C/C=C\C/C=C\CCCCCCCCCCCCCCCCCCCCCCCCCCC(=O)NC(COC1OC(CO)C(OC2OC(CO)C(OC3OC(CO)C(O)C(O)C3O)C(O)C2O)C(O)C1O)C(O)/C=C/CC/C=C/CC/C=C/CCCCCCCCCCCCCC. The van der Waals surface area contributed by atoms with E-state index in [0.717, 1.165) is 70.6 Å². The number of ether oxygens (including phenoxy) is 6. The smallest absolute Gasteiger partial charge is 0.220 e. The average Bonchev–Trinajstić information content (AvgIpc) is 0.783. The summed E-state index contributed by atoms with van der Waals surface area (Å²) < 4.78 is 34.4. The maximum absolute atomic E-state index is 13.5. The Morgan fingerprint density at radius 1 is 0.356 bits per heavy atom. The van der Waals surface area contributed by atoms with Crippen molar-refractivity contribution in [2.45, 2.75) is 420 Å². The number of hydrogen-bond donors (Lipinski definition) is 12. The lowest BCUT2D eigenvalue weighted by molar-refractivity contribution is -0.379. The molecule has 0 spiro atoms. The van der Waals surface area contributed by atoms with E-state index >= 15 is 0 Å². The van der Waals surface area contributed by atoms with E-state index < -0.39 is 124 Å². The summed E-state index contributed by atoms with van der Waals surface area (Å²) in [5.41, 5.74) is 0. The van der Waals surface area contributed by atoms with Gasteiger partial charge in [-0.05, 0) is 83.5 Å². The van der Waals surface area contributed by atoms with Crippen LogP contribution in [0.25, 0.3) is 0 Å². The van der Waals surface area contributed by atoms with Gasteiger partial charge >= 0.3 is 0 Å². The minimum Gasteiger partial charge on any atom is -0.394 e. The largest absolute Gasteiger partial charge is 0.394 e. The van der Waals surface area contributed by atoms with Crippen LogP contribution in [0.5, 0.6) is 0 Å². The van der Waals surface area contributed by atoms with Crippen molar-refractivity contribution < 1.29 is 89.4 Å². The summed E-state index contributed by atoms with van der Waals surface area (Å²) in [6.07, 6.45) is 60.2. The monoisotopic (exact) mass is 1470 g/mol. The van der Waals surface area contributed by atoms with Gasteiger partial charge < -0.3 is 89.9 Å². The maximum atomic E-state index is 13.5. The summed E-state index contributed by atoms with van der Waals surface area (Å²) >= 11 is 0. The number of unbranched alkanes of at least 4 members (excludes halogenated alkanes) is 38. The van der Waals surface area contributed by atoms with Crippen molar-refractivity contribution >= 4 is 5.91 Å². The normalized spacial score (nSPS) is 26.3. The van der Waals surface area contributed by atoms with Crippen molar-refractivity contribution in [3.63, 3.8) is 0 Å². The molecule has 19 nitrogen and oxygen atoms in total. The zero-order valence-electron chi connectivity index (χ0n) is 64.7. The standard InChI is InChI=1S/C85H151NO18/c1-3-5-7-9-11-13-15-17-19-21-23-25-27-28-29-30-31-32-33-34-35-36-37-38-39-40-41-43-45-47-49-51-53-55-57-59-61-63-73(91)86-68(69(90)62-60-58-56-54-52-50-48-46-44-42-26-24-22-20-18-16-14-12-10-8-6-4-2)67-99-83-79(97)76(94)81(71(65-88)101-83)104-85-80(98)77(95)82(72(66-89)102-85)103-84-78(96)75(93)74(92)70(64-87)100-84/h5,7,11,13,17,19,23,25,44,46,52,54,60,62,68-72,74-85,87-90,92-98H,3-4,6,8-10,12,14-16,18,20-22,24,26-43,45,47-51,53,55-59,61,63-67H2,1-2H3,(H,86,91)/b7-5-,13-11-,19-17-,25-23-,46-44+,54-52+,62-60+. The van der Waals surface area contributed by atoms with Gasteiger partial charge in [-0.15, -0.1) is 0 Å². The van der Waals surface area contributed by atoms with Crippen LogP contribution in [0.4, 0.5) is 0 Å². The third-order valence-corrected chi connectivity index (χ3v) is 20.4. The molecule has 0 aliphatic carbocycles. The molecule has 19 heteroatoms. The number of allylic oxidation sites excluding steroid dienone is 13. The van der Waals surface area contributed by atoms with E-state index in [4.69, 9.17) is 28.4 Å². The topological polar surface area (TPSA) is 307 Å². The van der Waals surface area contributed by atoms with Crippen LogP contribution in [0.15, 0.2) is 85.1 Å². The zero-order chi connectivity index (χ0) is 75.3. The molecule has 0 aromatic carbocycles. The number of nitrogens with one attached hydrogen (secondary N) is 1. The van der Waals surface area contributed by atoms with Crippen LogP contribution in [0.1, 0.15) is 316 Å². The molecule has 0 saturated carbocycles. The van der Waals surface area contributed by atoms with Gasteiger partial charge in [0.05, 0.1) is 38.6 Å². The van der Waals surface area contributed by atoms with Crippen LogP contribution in [-0.2, 0) is 33.2 Å². The Morgan fingerprint density at radius 2 is 0.673 bits per heavy atom. The van der Waals surface area contributed by atoms with Gasteiger partial charge in [0.2, 0.25) is 5.91 Å². The number of aliphatic hydroxyl groups is 11. The van der Waals surface area contributed by atoms with Gasteiger partial charge in [0.1, 0.15) is 73.2 Å². The highest BCUT2D eigenvalue weighted by molar-refractivity contribution is 5.76. The molecule has 1 amide bonds. The van der Waals surface area contributed by atoms with Crippen molar-refractivity contribution in [3.8, 4) is 0 Å². The van der Waals surface area contributed by atoms with Crippen molar-refractivity contribution in [2.75, 3.05) is 26.4 Å². The van der Waals surface area contributed by atoms with Gasteiger partial charge in [0.25, 0.3) is 0 Å². The zero-order valence-corrected chi connectivity index (χ0v) is 64.7. The molecule has 17 atom stereocenters. The van der Waals surface area contributed by atoms with E-state index in [1.807, 2.05) is 6.08 Å². The Morgan fingerprint density at radius 3 is 1.08 bits per heavy atom. The summed E-state index contributed by atoms with van der Waals surface area (Å²) in [6, 6.07) is -1.000. The van der Waals surface area contributed by atoms with Crippen molar-refractivity contribution in [1.29, 1.82) is 0 Å². The molecule has 17 unspecified atom stereocenters. The first-order valence-corrected chi connectivity index (χ1v) is 41.8. The van der Waals surface area contributed by atoms with Crippen molar-refractivity contribution in [2.24, 2.45) is 0 Å². The van der Waals surface area contributed by atoms with Crippen LogP contribution in [0, 0.1) is 0 Å². The lowest BCUT2D eigenvalue weighted by atomic mass is 9.96. The van der Waals surface area contributed by atoms with Crippen LogP contribution in [0.3, 0.4) is 0 Å². The molecule has 3 rings (SSSR count). The Labute approximate surface area is 629 Å². The predicted molar refractivity (Wildman–Crippen MR) is 415 cm³/mol. The molecule has 0 radical (unpaired) electrons. The number of amides is 1. The van der Waals surface area contributed by atoms with E-state index in [-0.39, 0.29) is 18.9 Å². The Bertz CT molecular complexity index is 2210. The molecule has 104 heavy (non-hydrogen) atoms. The lowest BCUT2D eigenvalue weighted by Crippen LogP contribution is -2.66. The molecule has 12 N–H and O–H groups in total. The molecule has 0 aromatic rings. The highest BCUT2D eigenvalue weighted by Gasteiger charge is 2.54. The second-order valence-corrected chi connectivity index (χ2v) is 29.5. The molecule has 3 saturated heterocycles. The van der Waals surface area contributed by atoms with E-state index in [1.54, 1.807) is 6.08 Å². The molecular weight excluding hydrogens is 1320 g/mol. The summed E-state index contributed by atoms with van der Waals surface area (Å²) in [7, 11) is 0. The summed E-state index contributed by atoms with van der Waals surface area (Å²) in [6.45, 7) is 1.63. The fourth-order valence-electron chi connectivity index (χ4n) is 13.7. The second-order valence-electron chi connectivity index (χ2n) is 29.5. The van der Waals surface area contributed by atoms with Crippen LogP contribution in [0.2, 0.25) is 0 Å². The number of aliphatic hydroxyl groups excluding tert-OH is 11. The number of carbonyl (C=O) groups is 1. The Kier molecular flexibility index (Phi) is 59.3. The van der Waals surface area contributed by atoms with Crippen LogP contribution in [-0.4, -0.2) is 193 Å². The minimum atomic E-state index is -1.99. The van der Waals surface area contributed by atoms with Gasteiger partial charge in [-0.2, -0.15) is 0 Å². The highest BCUT2D eigenvalue weighted by Crippen LogP contribution is 2.33. The molecule has 3 fully saturated rings. The van der Waals surface area contributed by atoms with E-state index in [1.165, 1.54) is 212 Å². The fourth-order valence-corrected chi connectivity index (χ4v) is 13.7. The molecule has 3 heterocycles. The van der Waals surface area contributed by atoms with Gasteiger partial charge in [-0.1, -0.05) is 311 Å². The number of hydrogen-bond acceptors (Lipinski definition) is 18. The molecule has 3 aliphatic rings. The van der Waals surface area contributed by atoms with E-state index in [2.05, 4.69) is 92.1 Å². The Hall–Kier alpha value is -3.03. The summed E-state index contributed by atoms with van der Waals surface area (Å²) in [5, 5.41) is 121. The summed E-state index contributed by atoms with van der Waals surface area (Å²) in [5.74, 6) is -0.286.